The average molecular weight is 811 g/mol. The number of nitrogens with two attached hydrogens (primary N) is 1. The zero-order chi connectivity index (χ0) is 42.5. The number of Topliss-reactive ketones (excluding diaryl/α,β-unsaturated/α-hetero) is 1. The molecule has 2 N–H and O–H groups in total. The van der Waals surface area contributed by atoms with Gasteiger partial charge in [-0.15, -0.1) is 0 Å². The normalized spacial score (nSPS) is 24.3. The first-order valence-corrected chi connectivity index (χ1v) is 22.7. The summed E-state index contributed by atoms with van der Waals surface area (Å²) in [6.07, 6.45) is 32.4. The van der Waals surface area contributed by atoms with Crippen LogP contribution in [0.2, 0.25) is 0 Å². The second-order valence-corrected chi connectivity index (χ2v) is 16.8. The molecule has 0 spiro atoms. The largest absolute Gasteiger partial charge is 0.324 e. The highest BCUT2D eigenvalue weighted by Crippen LogP contribution is 2.33. The molecule has 6 aliphatic rings. The van der Waals surface area contributed by atoms with Crippen LogP contribution in [-0.2, 0) is 0 Å². The molecule has 316 valence electrons. The monoisotopic (exact) mass is 811 g/mol. The van der Waals surface area contributed by atoms with Crippen molar-refractivity contribution >= 4 is 22.9 Å². The van der Waals surface area contributed by atoms with E-state index in [4.69, 9.17) is 20.7 Å². The van der Waals surface area contributed by atoms with E-state index < -0.39 is 0 Å². The maximum absolute atomic E-state index is 10.6. The van der Waals surface area contributed by atoms with Crippen LogP contribution in [0.25, 0.3) is 0 Å². The topological polar surface area (TPSA) is 80.2 Å². The molecule has 61 heavy (non-hydrogen) atoms. The molecule has 6 atom stereocenters. The predicted octanol–water partition coefficient (Wildman–Crippen LogP) is 13.0. The van der Waals surface area contributed by atoms with Crippen molar-refractivity contribution in [3.8, 4) is 0 Å². The Balaban J connectivity index is 0.000000131. The maximum Gasteiger partial charge on any atom is 0.159 e. The van der Waals surface area contributed by atoms with Gasteiger partial charge in [0.05, 0.1) is 18.1 Å². The van der Waals surface area contributed by atoms with Crippen LogP contribution in [-0.4, -0.2) is 47.1 Å². The van der Waals surface area contributed by atoms with Crippen LogP contribution in [0.4, 0.5) is 0 Å². The molecule has 0 radical (unpaired) electrons. The lowest BCUT2D eigenvalue weighted by molar-refractivity contribution is 0.101. The average Bonchev–Trinajstić information content (AvgIpc) is 3.97. The third-order valence-electron chi connectivity index (χ3n) is 12.0. The number of benzene rings is 4. The maximum atomic E-state index is 10.6. The second-order valence-electron chi connectivity index (χ2n) is 16.8. The third kappa shape index (κ3) is 14.9. The Kier molecular flexibility index (Phi) is 18.2. The lowest BCUT2D eigenvalue weighted by Gasteiger charge is -2.17. The molecule has 0 saturated carbocycles. The van der Waals surface area contributed by atoms with Crippen LogP contribution in [0.1, 0.15) is 118 Å². The molecule has 0 aromatic heterocycles. The minimum atomic E-state index is 0.121. The van der Waals surface area contributed by atoms with Crippen LogP contribution < -0.4 is 5.73 Å². The van der Waals surface area contributed by atoms with E-state index >= 15 is 0 Å². The summed E-state index contributed by atoms with van der Waals surface area (Å²) >= 11 is 0. The van der Waals surface area contributed by atoms with Gasteiger partial charge in [-0.2, -0.15) is 0 Å². The molecule has 0 fully saturated rings. The van der Waals surface area contributed by atoms with Crippen molar-refractivity contribution in [2.24, 2.45) is 32.5 Å². The summed E-state index contributed by atoms with van der Waals surface area (Å²) in [6.45, 7) is 3.66. The van der Waals surface area contributed by atoms with E-state index in [0.717, 1.165) is 30.0 Å². The van der Waals surface area contributed by atoms with Crippen molar-refractivity contribution in [3.63, 3.8) is 0 Å². The number of fused-ring (bicyclic) bond motifs is 2. The van der Waals surface area contributed by atoms with Gasteiger partial charge >= 0.3 is 0 Å². The van der Waals surface area contributed by atoms with Crippen LogP contribution in [0.3, 0.4) is 0 Å². The Labute approximate surface area is 366 Å². The van der Waals surface area contributed by atoms with Crippen molar-refractivity contribution in [1.29, 1.82) is 0 Å². The van der Waals surface area contributed by atoms with Crippen LogP contribution >= 0.6 is 0 Å². The predicted molar refractivity (Wildman–Crippen MR) is 259 cm³/mol. The molecule has 4 aromatic carbocycles. The van der Waals surface area contributed by atoms with Gasteiger partial charge in [0, 0.05) is 34.7 Å². The molecule has 0 saturated heterocycles. The fourth-order valence-electron chi connectivity index (χ4n) is 8.52. The molecule has 4 aliphatic carbocycles. The van der Waals surface area contributed by atoms with Crippen molar-refractivity contribution in [2.75, 3.05) is 0 Å². The Hall–Kier alpha value is -5.52. The first-order valence-electron chi connectivity index (χ1n) is 22.7. The Bertz CT molecular complexity index is 2130. The van der Waals surface area contributed by atoms with Crippen molar-refractivity contribution in [2.45, 2.75) is 115 Å². The van der Waals surface area contributed by atoms with Crippen LogP contribution in [0.15, 0.2) is 185 Å². The molecule has 2 aliphatic heterocycles. The minimum Gasteiger partial charge on any atom is -0.324 e. The highest BCUT2D eigenvalue weighted by atomic mass is 16.1. The number of hydrogen-bond acceptors (Lipinski definition) is 5. The van der Waals surface area contributed by atoms with Gasteiger partial charge in [0.25, 0.3) is 0 Å². The van der Waals surface area contributed by atoms with Crippen LogP contribution in [0, 0.1) is 11.8 Å². The van der Waals surface area contributed by atoms with Crippen molar-refractivity contribution < 1.29 is 4.79 Å². The summed E-state index contributed by atoms with van der Waals surface area (Å²) in [6, 6.07) is 42.7. The molecule has 5 heteroatoms. The number of allylic oxidation sites excluding steroid dienone is 4. The van der Waals surface area contributed by atoms with Crippen molar-refractivity contribution in [1.82, 2.24) is 0 Å². The molecular formula is C56H66N4O. The van der Waals surface area contributed by atoms with Crippen LogP contribution in [0.5, 0.6) is 0 Å². The Morgan fingerprint density at radius 3 is 1.61 bits per heavy atom. The molecular weight excluding hydrogens is 745 g/mol. The van der Waals surface area contributed by atoms with E-state index in [1.54, 1.807) is 6.92 Å². The number of carbonyl (C=O) groups is 1. The van der Waals surface area contributed by atoms with Gasteiger partial charge in [0.15, 0.2) is 5.78 Å². The third-order valence-corrected chi connectivity index (χ3v) is 12.0. The summed E-state index contributed by atoms with van der Waals surface area (Å²) < 4.78 is 0. The van der Waals surface area contributed by atoms with Gasteiger partial charge in [0.2, 0.25) is 0 Å². The molecule has 5 nitrogen and oxygen atoms in total. The van der Waals surface area contributed by atoms with Gasteiger partial charge in [-0.3, -0.25) is 19.8 Å². The summed E-state index contributed by atoms with van der Waals surface area (Å²) in [5.74, 6) is 1.56. The Morgan fingerprint density at radius 2 is 1.10 bits per heavy atom. The van der Waals surface area contributed by atoms with Gasteiger partial charge in [0.1, 0.15) is 0 Å². The van der Waals surface area contributed by atoms with E-state index in [-0.39, 0.29) is 5.78 Å². The molecule has 0 bridgehead atoms. The van der Waals surface area contributed by atoms with E-state index in [1.807, 2.05) is 36.4 Å². The van der Waals surface area contributed by atoms with Gasteiger partial charge in [-0.25, -0.2) is 0 Å². The fourth-order valence-corrected chi connectivity index (χ4v) is 8.52. The quantitative estimate of drug-likeness (QED) is 0.124. The standard InChI is InChI=1S/2C14H15N.C14H17N.C8H8O.C6H11N/c2*1-2-6-11(7-3-1)14-10-12-8-4-5-9-13(12)15-14;1-12(13-8-4-2-5-9-13)15-14-10-6-3-7-11-14;1-7(9)8-5-3-2-4-6-8;7-6-4-2-1-3-5-6/h1-4,6-8,12-13H,5,9-10H2;1-7,12-13H,8-10H2;2,4-6,8-10,14H,3,7,11H2,1H3;2-6H,1H3;2,4,6H,1,3,5,7H2/t2*12-,13-;;;/m11.../s1. The van der Waals surface area contributed by atoms with Crippen molar-refractivity contribution in [3.05, 3.63) is 192 Å². The first kappa shape index (κ1) is 45.0. The summed E-state index contributed by atoms with van der Waals surface area (Å²) in [7, 11) is 0. The number of hydrogen-bond donors (Lipinski definition) is 1. The smallest absolute Gasteiger partial charge is 0.159 e. The SMILES string of the molecule is C1=CC[C@H]2N=C(c3ccccc3)C[C@H]2C1.C1=C[C@@H]2CC(c3ccccc3)=N[C@@H]2CC1.CC(=NC1C=CCCC1)c1ccccc1.CC(=O)c1ccccc1.NC1C=CCCC1. The first-order chi connectivity index (χ1) is 29.9. The van der Waals surface area contributed by atoms with E-state index in [9.17, 15) is 4.79 Å². The molecule has 2 heterocycles. The summed E-state index contributed by atoms with van der Waals surface area (Å²) in [5, 5.41) is 0. The van der Waals surface area contributed by atoms with Gasteiger partial charge in [-0.05, 0) is 114 Å². The number of nitrogens with zero attached hydrogens (tertiary/aromatic N) is 3. The molecule has 4 aromatic rings. The van der Waals surface area contributed by atoms with Gasteiger partial charge < -0.3 is 5.73 Å². The Morgan fingerprint density at radius 1 is 0.557 bits per heavy atom. The molecule has 0 amide bonds. The summed E-state index contributed by atoms with van der Waals surface area (Å²) in [5.41, 5.74) is 13.9. The fraction of sp³-hybridized carbons (Fsp3) is 0.357. The number of rotatable bonds is 5. The number of carbonyl (C=O) groups excluding carboxylic acids is 1. The lowest BCUT2D eigenvalue weighted by Crippen LogP contribution is -2.17. The molecule has 2 unspecified atom stereocenters. The second kappa shape index (κ2) is 24.7. The van der Waals surface area contributed by atoms with Gasteiger partial charge in [-0.1, -0.05) is 170 Å². The lowest BCUT2D eigenvalue weighted by atomic mass is 9.88. The highest BCUT2D eigenvalue weighted by molar-refractivity contribution is 6.02. The summed E-state index contributed by atoms with van der Waals surface area (Å²) in [4.78, 5) is 25.1. The molecule has 10 rings (SSSR count). The minimum absolute atomic E-state index is 0.121. The zero-order valence-electron chi connectivity index (χ0n) is 36.4. The van der Waals surface area contributed by atoms with E-state index in [2.05, 4.69) is 140 Å². The number of aliphatic imine (C=N–C) groups is 3. The zero-order valence-corrected chi connectivity index (χ0v) is 36.4. The van der Waals surface area contributed by atoms with E-state index in [0.29, 0.717) is 30.1 Å². The highest BCUT2D eigenvalue weighted by Gasteiger charge is 2.30. The van der Waals surface area contributed by atoms with E-state index in [1.165, 1.54) is 92.3 Å². The number of ketones is 1.